The second-order valence-electron chi connectivity index (χ2n) is 7.48. The van der Waals surface area contributed by atoms with Crippen LogP contribution in [0.15, 0.2) is 47.0 Å². The van der Waals surface area contributed by atoms with E-state index in [1.807, 2.05) is 18.2 Å². The Morgan fingerprint density at radius 1 is 1.07 bits per heavy atom. The molecule has 0 aliphatic carbocycles. The predicted octanol–water partition coefficient (Wildman–Crippen LogP) is 4.12. The number of hydrogen-bond donors (Lipinski definition) is 0. The van der Waals surface area contributed by atoms with Crippen LogP contribution in [0.5, 0.6) is 11.5 Å². The fraction of sp³-hybridized carbons (Fsp3) is 0.286. The minimum absolute atomic E-state index is 0.0251. The largest absolute Gasteiger partial charge is 0.454 e. The number of benzene rings is 2. The van der Waals surface area contributed by atoms with Gasteiger partial charge in [0.25, 0.3) is 5.89 Å². The van der Waals surface area contributed by atoms with Crippen molar-refractivity contribution in [2.24, 2.45) is 0 Å². The maximum atomic E-state index is 12.2. The summed E-state index contributed by atoms with van der Waals surface area (Å²) in [7, 11) is 0. The molecule has 0 amide bonds. The quantitative estimate of drug-likeness (QED) is 0.630. The first-order valence-corrected chi connectivity index (χ1v) is 8.90. The highest BCUT2D eigenvalue weighted by Crippen LogP contribution is 2.35. The molecule has 7 heteroatoms. The van der Waals surface area contributed by atoms with Gasteiger partial charge in [-0.1, -0.05) is 38.1 Å². The van der Waals surface area contributed by atoms with Gasteiger partial charge in [-0.3, -0.25) is 0 Å². The van der Waals surface area contributed by atoms with E-state index < -0.39 is 5.97 Å². The van der Waals surface area contributed by atoms with Crippen molar-refractivity contribution >= 4 is 5.97 Å². The van der Waals surface area contributed by atoms with Crippen molar-refractivity contribution in [1.29, 1.82) is 0 Å². The van der Waals surface area contributed by atoms with Crippen LogP contribution in [-0.2, 0) is 16.8 Å². The highest BCUT2D eigenvalue weighted by Gasteiger charge is 2.18. The smallest absolute Gasteiger partial charge is 0.338 e. The molecule has 0 fully saturated rings. The van der Waals surface area contributed by atoms with Crippen LogP contribution in [0, 0.1) is 0 Å². The van der Waals surface area contributed by atoms with E-state index >= 15 is 0 Å². The summed E-state index contributed by atoms with van der Waals surface area (Å²) in [6.45, 7) is 6.45. The Balaban J connectivity index is 1.40. The molecule has 0 N–H and O–H groups in total. The van der Waals surface area contributed by atoms with Crippen LogP contribution in [0.1, 0.15) is 42.6 Å². The Labute approximate surface area is 162 Å². The average Bonchev–Trinajstić information content (AvgIpc) is 3.34. The molecule has 0 saturated carbocycles. The van der Waals surface area contributed by atoms with E-state index in [1.54, 1.807) is 24.3 Å². The van der Waals surface area contributed by atoms with Gasteiger partial charge in [0, 0.05) is 5.56 Å². The fourth-order valence-electron chi connectivity index (χ4n) is 2.78. The molecule has 0 saturated heterocycles. The molecule has 0 unspecified atom stereocenters. The molecule has 28 heavy (non-hydrogen) atoms. The minimum Gasteiger partial charge on any atom is -0.454 e. The van der Waals surface area contributed by atoms with Crippen molar-refractivity contribution in [2.45, 2.75) is 32.8 Å². The normalized spacial score (nSPS) is 12.8. The molecular formula is C21H20N2O5. The van der Waals surface area contributed by atoms with E-state index in [0.717, 1.165) is 11.1 Å². The molecule has 1 aliphatic rings. The molecule has 0 spiro atoms. The second kappa shape index (κ2) is 6.99. The van der Waals surface area contributed by atoms with Crippen LogP contribution >= 0.6 is 0 Å². The Bertz CT molecular complexity index is 1000. The van der Waals surface area contributed by atoms with Crippen molar-refractivity contribution in [3.05, 3.63) is 59.5 Å². The van der Waals surface area contributed by atoms with Crippen molar-refractivity contribution < 1.29 is 23.5 Å². The molecule has 0 bridgehead atoms. The third-order valence-electron chi connectivity index (χ3n) is 4.41. The van der Waals surface area contributed by atoms with E-state index in [4.69, 9.17) is 18.7 Å². The lowest BCUT2D eigenvalue weighted by Gasteiger charge is -2.18. The van der Waals surface area contributed by atoms with Crippen molar-refractivity contribution in [2.75, 3.05) is 6.79 Å². The average molecular weight is 380 g/mol. The van der Waals surface area contributed by atoms with Crippen LogP contribution < -0.4 is 9.47 Å². The van der Waals surface area contributed by atoms with Gasteiger partial charge >= 0.3 is 5.97 Å². The standard InChI is InChI=1S/C21H20N2O5/c1-21(2,3)15-7-4-13(5-8-15)20(24)25-11-18-22-19(23-28-18)14-6-9-16-17(10-14)27-12-26-16/h4-10H,11-12H2,1-3H3. The first-order valence-electron chi connectivity index (χ1n) is 8.90. The van der Waals surface area contributed by atoms with E-state index in [9.17, 15) is 4.79 Å². The van der Waals surface area contributed by atoms with Gasteiger partial charge in [0.15, 0.2) is 18.1 Å². The van der Waals surface area contributed by atoms with E-state index in [-0.39, 0.29) is 24.7 Å². The zero-order valence-corrected chi connectivity index (χ0v) is 15.9. The SMILES string of the molecule is CC(C)(C)c1ccc(C(=O)OCc2nc(-c3ccc4c(c3)OCO4)no2)cc1. The van der Waals surface area contributed by atoms with Gasteiger partial charge in [-0.2, -0.15) is 4.98 Å². The Morgan fingerprint density at radius 3 is 2.57 bits per heavy atom. The topological polar surface area (TPSA) is 83.7 Å². The van der Waals surface area contributed by atoms with Crippen molar-refractivity contribution in [3.8, 4) is 22.9 Å². The number of rotatable bonds is 4. The highest BCUT2D eigenvalue weighted by atomic mass is 16.7. The van der Waals surface area contributed by atoms with Crippen LogP contribution in [0.3, 0.4) is 0 Å². The van der Waals surface area contributed by atoms with Crippen LogP contribution in [0.2, 0.25) is 0 Å². The molecule has 0 atom stereocenters. The summed E-state index contributed by atoms with van der Waals surface area (Å²) in [6, 6.07) is 12.8. The summed E-state index contributed by atoms with van der Waals surface area (Å²) in [5, 5.41) is 3.93. The highest BCUT2D eigenvalue weighted by molar-refractivity contribution is 5.89. The van der Waals surface area contributed by atoms with E-state index in [2.05, 4.69) is 30.9 Å². The maximum absolute atomic E-state index is 12.2. The summed E-state index contributed by atoms with van der Waals surface area (Å²) in [6.07, 6.45) is 0. The molecule has 3 aromatic rings. The third-order valence-corrected chi connectivity index (χ3v) is 4.41. The number of aromatic nitrogens is 2. The molecule has 0 radical (unpaired) electrons. The van der Waals surface area contributed by atoms with E-state index in [1.165, 1.54) is 0 Å². The first-order chi connectivity index (χ1) is 13.4. The zero-order chi connectivity index (χ0) is 19.7. The molecule has 144 valence electrons. The van der Waals surface area contributed by atoms with Crippen LogP contribution in [0.4, 0.5) is 0 Å². The van der Waals surface area contributed by atoms with Crippen molar-refractivity contribution in [1.82, 2.24) is 10.1 Å². The molecule has 2 aromatic carbocycles. The van der Waals surface area contributed by atoms with Gasteiger partial charge in [0.05, 0.1) is 5.56 Å². The Morgan fingerprint density at radius 2 is 1.82 bits per heavy atom. The fourth-order valence-corrected chi connectivity index (χ4v) is 2.78. The molecule has 1 aromatic heterocycles. The number of carbonyl (C=O) groups excluding carboxylic acids is 1. The van der Waals surface area contributed by atoms with Gasteiger partial charge in [0.1, 0.15) is 0 Å². The van der Waals surface area contributed by atoms with Crippen LogP contribution in [0.25, 0.3) is 11.4 Å². The summed E-state index contributed by atoms with van der Waals surface area (Å²) in [4.78, 5) is 16.5. The first kappa shape index (κ1) is 18.0. The number of fused-ring (bicyclic) bond motifs is 1. The Kier molecular flexibility index (Phi) is 4.50. The Hall–Kier alpha value is -3.35. The monoisotopic (exact) mass is 380 g/mol. The van der Waals surface area contributed by atoms with Gasteiger partial charge < -0.3 is 18.7 Å². The minimum atomic E-state index is -0.441. The summed E-state index contributed by atoms with van der Waals surface area (Å²) in [5.74, 6) is 1.47. The molecule has 7 nitrogen and oxygen atoms in total. The van der Waals surface area contributed by atoms with Gasteiger partial charge in [-0.05, 0) is 41.3 Å². The number of nitrogens with zero attached hydrogens (tertiary/aromatic N) is 2. The third kappa shape index (κ3) is 3.69. The van der Waals surface area contributed by atoms with Gasteiger partial charge in [-0.15, -0.1) is 0 Å². The zero-order valence-electron chi connectivity index (χ0n) is 15.9. The summed E-state index contributed by atoms with van der Waals surface area (Å²) in [5.41, 5.74) is 2.37. The lowest BCUT2D eigenvalue weighted by Crippen LogP contribution is -2.12. The lowest BCUT2D eigenvalue weighted by molar-refractivity contribution is 0.0429. The number of carbonyl (C=O) groups is 1. The number of hydrogen-bond acceptors (Lipinski definition) is 7. The number of esters is 1. The van der Waals surface area contributed by atoms with E-state index in [0.29, 0.717) is 22.9 Å². The number of ether oxygens (including phenoxy) is 3. The second-order valence-corrected chi connectivity index (χ2v) is 7.48. The van der Waals surface area contributed by atoms with Gasteiger partial charge in [0.2, 0.25) is 12.6 Å². The van der Waals surface area contributed by atoms with Crippen molar-refractivity contribution in [3.63, 3.8) is 0 Å². The molecule has 1 aliphatic heterocycles. The predicted molar refractivity (Wildman–Crippen MR) is 100 cm³/mol. The molecular weight excluding hydrogens is 360 g/mol. The summed E-state index contributed by atoms with van der Waals surface area (Å²) < 4.78 is 21.1. The lowest BCUT2D eigenvalue weighted by atomic mass is 9.87. The molecule has 2 heterocycles. The van der Waals surface area contributed by atoms with Gasteiger partial charge in [-0.25, -0.2) is 4.79 Å². The maximum Gasteiger partial charge on any atom is 0.338 e. The molecule has 4 rings (SSSR count). The summed E-state index contributed by atoms with van der Waals surface area (Å²) >= 11 is 0. The van der Waals surface area contributed by atoms with Crippen LogP contribution in [-0.4, -0.2) is 22.9 Å².